The molecule has 2 N–H and O–H groups in total. The normalized spacial score (nSPS) is 12.7. The lowest BCUT2D eigenvalue weighted by molar-refractivity contribution is 0.194. The summed E-state index contributed by atoms with van der Waals surface area (Å²) in [4.78, 5) is 0. The summed E-state index contributed by atoms with van der Waals surface area (Å²) in [6, 6.07) is 4.68. The van der Waals surface area contributed by atoms with Crippen LogP contribution in [0.25, 0.3) is 5.69 Å². The minimum absolute atomic E-state index is 0.00884. The van der Waals surface area contributed by atoms with Crippen LogP contribution in [0.3, 0.4) is 0 Å². The van der Waals surface area contributed by atoms with Crippen LogP contribution in [0, 0.1) is 0 Å². The van der Waals surface area contributed by atoms with Crippen molar-refractivity contribution in [3.63, 3.8) is 0 Å². The zero-order valence-corrected chi connectivity index (χ0v) is 9.26. The zero-order valence-electron chi connectivity index (χ0n) is 8.50. The van der Waals surface area contributed by atoms with Gasteiger partial charge in [0.05, 0.1) is 12.3 Å². The first-order valence-electron chi connectivity index (χ1n) is 4.67. The summed E-state index contributed by atoms with van der Waals surface area (Å²) < 4.78 is 1.38. The van der Waals surface area contributed by atoms with Crippen LogP contribution in [0.4, 0.5) is 0 Å². The third-order valence-corrected chi connectivity index (χ3v) is 2.36. The SMILES string of the molecule is CC(O)c1cn(-c2ccc(Cl)cc2O)nn1. The smallest absolute Gasteiger partial charge is 0.142 e. The largest absolute Gasteiger partial charge is 0.506 e. The van der Waals surface area contributed by atoms with E-state index in [1.54, 1.807) is 25.3 Å². The lowest BCUT2D eigenvalue weighted by Crippen LogP contribution is -1.95. The Kier molecular flexibility index (Phi) is 2.80. The predicted octanol–water partition coefficient (Wildman–Crippen LogP) is 1.68. The summed E-state index contributed by atoms with van der Waals surface area (Å²) in [5, 5.41) is 27.0. The van der Waals surface area contributed by atoms with Crippen LogP contribution < -0.4 is 0 Å². The zero-order chi connectivity index (χ0) is 11.7. The van der Waals surface area contributed by atoms with Gasteiger partial charge in [-0.2, -0.15) is 0 Å². The molecule has 6 heteroatoms. The standard InChI is InChI=1S/C10H10ClN3O2/c1-6(15)8-5-14(13-12-8)9-3-2-7(11)4-10(9)16/h2-6,15-16H,1H3. The van der Waals surface area contributed by atoms with Crippen LogP contribution in [0.2, 0.25) is 5.02 Å². The van der Waals surface area contributed by atoms with Gasteiger partial charge >= 0.3 is 0 Å². The van der Waals surface area contributed by atoms with Crippen molar-refractivity contribution < 1.29 is 10.2 Å². The van der Waals surface area contributed by atoms with Gasteiger partial charge in [0.2, 0.25) is 0 Å². The van der Waals surface area contributed by atoms with Crippen LogP contribution in [0.5, 0.6) is 5.75 Å². The van der Waals surface area contributed by atoms with E-state index in [2.05, 4.69) is 10.3 Å². The number of aromatic hydroxyl groups is 1. The van der Waals surface area contributed by atoms with Gasteiger partial charge in [-0.1, -0.05) is 16.8 Å². The van der Waals surface area contributed by atoms with E-state index in [-0.39, 0.29) is 5.75 Å². The number of rotatable bonds is 2. The van der Waals surface area contributed by atoms with E-state index in [4.69, 9.17) is 11.6 Å². The molecule has 1 atom stereocenters. The number of phenols is 1. The molecule has 1 aromatic carbocycles. The fraction of sp³-hybridized carbons (Fsp3) is 0.200. The van der Waals surface area contributed by atoms with Crippen molar-refractivity contribution in [2.24, 2.45) is 0 Å². The molecule has 0 radical (unpaired) electrons. The van der Waals surface area contributed by atoms with Crippen LogP contribution in [-0.4, -0.2) is 25.2 Å². The molecule has 2 rings (SSSR count). The van der Waals surface area contributed by atoms with Gasteiger partial charge in [-0.15, -0.1) is 5.10 Å². The summed E-state index contributed by atoms with van der Waals surface area (Å²) in [5.41, 5.74) is 0.901. The van der Waals surface area contributed by atoms with Crippen LogP contribution in [-0.2, 0) is 0 Å². The van der Waals surface area contributed by atoms with Crippen molar-refractivity contribution >= 4 is 11.6 Å². The molecule has 16 heavy (non-hydrogen) atoms. The van der Waals surface area contributed by atoms with E-state index >= 15 is 0 Å². The number of hydrogen-bond donors (Lipinski definition) is 2. The molecule has 5 nitrogen and oxygen atoms in total. The predicted molar refractivity (Wildman–Crippen MR) is 58.7 cm³/mol. The lowest BCUT2D eigenvalue weighted by atomic mass is 10.3. The molecule has 0 aliphatic rings. The number of phenolic OH excluding ortho intramolecular Hbond substituents is 1. The molecule has 1 aromatic heterocycles. The fourth-order valence-electron chi connectivity index (χ4n) is 1.28. The van der Waals surface area contributed by atoms with Gasteiger partial charge in [0.25, 0.3) is 0 Å². The van der Waals surface area contributed by atoms with Crippen LogP contribution in [0.1, 0.15) is 18.7 Å². The average molecular weight is 240 g/mol. The minimum atomic E-state index is -0.691. The number of nitrogens with zero attached hydrogens (tertiary/aromatic N) is 3. The molecule has 0 aliphatic carbocycles. The maximum Gasteiger partial charge on any atom is 0.142 e. The van der Waals surface area contributed by atoms with E-state index < -0.39 is 6.10 Å². The Morgan fingerprint density at radius 2 is 2.19 bits per heavy atom. The van der Waals surface area contributed by atoms with Crippen molar-refractivity contribution in [1.82, 2.24) is 15.0 Å². The van der Waals surface area contributed by atoms with Gasteiger partial charge in [-0.05, 0) is 19.1 Å². The van der Waals surface area contributed by atoms with Crippen molar-refractivity contribution in [2.45, 2.75) is 13.0 Å². The summed E-state index contributed by atoms with van der Waals surface area (Å²) in [6.45, 7) is 1.59. The second-order valence-electron chi connectivity index (χ2n) is 3.40. The van der Waals surface area contributed by atoms with Crippen molar-refractivity contribution in [2.75, 3.05) is 0 Å². The number of hydrogen-bond acceptors (Lipinski definition) is 4. The summed E-state index contributed by atoms with van der Waals surface area (Å²) in [5.74, 6) is 0.00884. The second-order valence-corrected chi connectivity index (χ2v) is 3.83. The van der Waals surface area contributed by atoms with Gasteiger partial charge in [-0.3, -0.25) is 0 Å². The average Bonchev–Trinajstić information content (AvgIpc) is 2.66. The van der Waals surface area contributed by atoms with E-state index in [9.17, 15) is 10.2 Å². The Morgan fingerprint density at radius 1 is 1.44 bits per heavy atom. The van der Waals surface area contributed by atoms with Gasteiger partial charge in [0.1, 0.15) is 17.1 Å². The van der Waals surface area contributed by atoms with Crippen molar-refractivity contribution in [3.05, 3.63) is 35.1 Å². The molecular weight excluding hydrogens is 230 g/mol. The molecule has 0 aliphatic heterocycles. The maximum absolute atomic E-state index is 9.66. The van der Waals surface area contributed by atoms with Gasteiger partial charge in [0, 0.05) is 11.1 Å². The van der Waals surface area contributed by atoms with E-state index in [0.29, 0.717) is 16.4 Å². The molecule has 0 amide bonds. The first-order chi connectivity index (χ1) is 7.58. The molecular formula is C10H10ClN3O2. The Labute approximate surface area is 96.9 Å². The second kappa shape index (κ2) is 4.11. The van der Waals surface area contributed by atoms with Gasteiger partial charge in [-0.25, -0.2) is 4.68 Å². The number of aromatic nitrogens is 3. The van der Waals surface area contributed by atoms with Gasteiger partial charge in [0.15, 0.2) is 0 Å². The monoisotopic (exact) mass is 239 g/mol. The van der Waals surface area contributed by atoms with Crippen LogP contribution >= 0.6 is 11.6 Å². The minimum Gasteiger partial charge on any atom is -0.506 e. The molecule has 1 unspecified atom stereocenters. The molecule has 0 bridgehead atoms. The van der Waals surface area contributed by atoms with E-state index in [0.717, 1.165) is 0 Å². The number of halogens is 1. The quantitative estimate of drug-likeness (QED) is 0.837. The fourth-order valence-corrected chi connectivity index (χ4v) is 1.44. The highest BCUT2D eigenvalue weighted by Gasteiger charge is 2.10. The molecule has 0 spiro atoms. The first-order valence-corrected chi connectivity index (χ1v) is 5.05. The van der Waals surface area contributed by atoms with Crippen molar-refractivity contribution in [3.8, 4) is 11.4 Å². The summed E-state index contributed by atoms with van der Waals surface area (Å²) in [7, 11) is 0. The topological polar surface area (TPSA) is 71.2 Å². The highest BCUT2D eigenvalue weighted by atomic mass is 35.5. The van der Waals surface area contributed by atoms with Crippen molar-refractivity contribution in [1.29, 1.82) is 0 Å². The van der Waals surface area contributed by atoms with Crippen LogP contribution in [0.15, 0.2) is 24.4 Å². The summed E-state index contributed by atoms with van der Waals surface area (Å²) in [6.07, 6.45) is 0.858. The lowest BCUT2D eigenvalue weighted by Gasteiger charge is -2.03. The maximum atomic E-state index is 9.66. The Balaban J connectivity index is 2.42. The third-order valence-electron chi connectivity index (χ3n) is 2.12. The highest BCUT2D eigenvalue weighted by molar-refractivity contribution is 6.30. The van der Waals surface area contributed by atoms with E-state index in [1.807, 2.05) is 0 Å². The number of aliphatic hydroxyl groups is 1. The van der Waals surface area contributed by atoms with E-state index in [1.165, 1.54) is 10.7 Å². The third kappa shape index (κ3) is 2.00. The highest BCUT2D eigenvalue weighted by Crippen LogP contribution is 2.25. The molecule has 2 aromatic rings. The molecule has 0 saturated heterocycles. The Bertz CT molecular complexity index is 511. The molecule has 0 saturated carbocycles. The number of aliphatic hydroxyl groups excluding tert-OH is 1. The Morgan fingerprint density at radius 3 is 2.75 bits per heavy atom. The number of benzene rings is 1. The molecule has 0 fully saturated rings. The first kappa shape index (κ1) is 10.9. The summed E-state index contributed by atoms with van der Waals surface area (Å²) >= 11 is 5.71. The molecule has 84 valence electrons. The van der Waals surface area contributed by atoms with Gasteiger partial charge < -0.3 is 10.2 Å². The Hall–Kier alpha value is -1.59. The molecule has 1 heterocycles.